The molecule has 0 aliphatic heterocycles. The Kier molecular flexibility index (Phi) is 5.74. The first-order valence-corrected chi connectivity index (χ1v) is 10.5. The Labute approximate surface area is 154 Å². The Morgan fingerprint density at radius 3 is 2.27 bits per heavy atom. The van der Waals surface area contributed by atoms with Gasteiger partial charge in [-0.05, 0) is 49.4 Å². The Bertz CT molecular complexity index is 858. The summed E-state index contributed by atoms with van der Waals surface area (Å²) in [7, 11) is -3.51. The Morgan fingerprint density at radius 2 is 1.58 bits per heavy atom. The van der Waals surface area contributed by atoms with Crippen LogP contribution in [-0.4, -0.2) is 26.4 Å². The number of sulfone groups is 1. The molecule has 6 heteroatoms. The van der Waals surface area contributed by atoms with E-state index in [2.05, 4.69) is 5.32 Å². The number of hydrogen-bond acceptors (Lipinski definition) is 4. The molecule has 3 N–H and O–H groups in total. The van der Waals surface area contributed by atoms with Crippen LogP contribution in [0.3, 0.4) is 0 Å². The highest BCUT2D eigenvalue weighted by Crippen LogP contribution is 2.21. The predicted molar refractivity (Wildman–Crippen MR) is 101 cm³/mol. The van der Waals surface area contributed by atoms with Gasteiger partial charge in [0.25, 0.3) is 5.91 Å². The van der Waals surface area contributed by atoms with Crippen LogP contribution < -0.4 is 11.1 Å². The standard InChI is InChI=1S/C20H24N2O3S/c21-16-10-12-17(13-11-16)22-20(23)19-9-5-4-6-15(19)14-26(24,25)18-7-2-1-3-8-18/h1-9,16-17H,10-14,21H2,(H,22,23). The molecule has 1 aliphatic rings. The summed E-state index contributed by atoms with van der Waals surface area (Å²) >= 11 is 0. The van der Waals surface area contributed by atoms with Crippen molar-refractivity contribution in [1.82, 2.24) is 5.32 Å². The van der Waals surface area contributed by atoms with Crippen molar-refractivity contribution in [3.05, 3.63) is 65.7 Å². The summed E-state index contributed by atoms with van der Waals surface area (Å²) in [5.74, 6) is -0.416. The van der Waals surface area contributed by atoms with Crippen molar-refractivity contribution in [2.24, 2.45) is 5.73 Å². The quantitative estimate of drug-likeness (QED) is 0.844. The summed E-state index contributed by atoms with van der Waals surface area (Å²) < 4.78 is 25.3. The number of carbonyl (C=O) groups is 1. The van der Waals surface area contributed by atoms with Gasteiger partial charge in [-0.25, -0.2) is 8.42 Å². The number of carbonyl (C=O) groups excluding carboxylic acids is 1. The largest absolute Gasteiger partial charge is 0.349 e. The number of amides is 1. The van der Waals surface area contributed by atoms with Crippen molar-refractivity contribution in [1.29, 1.82) is 0 Å². The lowest BCUT2D eigenvalue weighted by molar-refractivity contribution is 0.0925. The van der Waals surface area contributed by atoms with E-state index in [9.17, 15) is 13.2 Å². The number of benzene rings is 2. The van der Waals surface area contributed by atoms with Gasteiger partial charge in [-0.15, -0.1) is 0 Å². The summed E-state index contributed by atoms with van der Waals surface area (Å²) in [6.07, 6.45) is 3.51. The zero-order chi connectivity index (χ0) is 18.6. The summed E-state index contributed by atoms with van der Waals surface area (Å²) in [6, 6.07) is 15.5. The topological polar surface area (TPSA) is 89.3 Å². The van der Waals surface area contributed by atoms with Crippen LogP contribution in [0.25, 0.3) is 0 Å². The minimum Gasteiger partial charge on any atom is -0.349 e. The molecule has 2 aromatic rings. The molecule has 0 spiro atoms. The van der Waals surface area contributed by atoms with E-state index in [0.29, 0.717) is 11.1 Å². The normalized spacial score (nSPS) is 20.5. The van der Waals surface area contributed by atoms with Crippen LogP contribution in [-0.2, 0) is 15.6 Å². The molecule has 0 atom stereocenters. The van der Waals surface area contributed by atoms with Crippen LogP contribution in [0.15, 0.2) is 59.5 Å². The first kappa shape index (κ1) is 18.6. The highest BCUT2D eigenvalue weighted by atomic mass is 32.2. The predicted octanol–water partition coefficient (Wildman–Crippen LogP) is 2.66. The van der Waals surface area contributed by atoms with Gasteiger partial charge in [-0.3, -0.25) is 4.79 Å². The second-order valence-electron chi connectivity index (χ2n) is 6.81. The van der Waals surface area contributed by atoms with Crippen molar-refractivity contribution >= 4 is 15.7 Å². The molecule has 0 radical (unpaired) electrons. The molecule has 138 valence electrons. The molecule has 0 saturated heterocycles. The van der Waals surface area contributed by atoms with Crippen LogP contribution in [0.2, 0.25) is 0 Å². The lowest BCUT2D eigenvalue weighted by Gasteiger charge is -2.27. The minimum atomic E-state index is -3.51. The van der Waals surface area contributed by atoms with Crippen LogP contribution in [0.4, 0.5) is 0 Å². The molecule has 1 saturated carbocycles. The lowest BCUT2D eigenvalue weighted by atomic mass is 9.91. The molecule has 1 aliphatic carbocycles. The van der Waals surface area contributed by atoms with E-state index in [1.807, 2.05) is 0 Å². The van der Waals surface area contributed by atoms with E-state index < -0.39 is 9.84 Å². The molecular weight excluding hydrogens is 348 g/mol. The Balaban J connectivity index is 1.77. The average Bonchev–Trinajstić information content (AvgIpc) is 2.64. The second-order valence-corrected chi connectivity index (χ2v) is 8.80. The third-order valence-corrected chi connectivity index (χ3v) is 6.50. The van der Waals surface area contributed by atoms with E-state index in [1.165, 1.54) is 0 Å². The molecule has 5 nitrogen and oxygen atoms in total. The van der Waals surface area contributed by atoms with Gasteiger partial charge in [-0.2, -0.15) is 0 Å². The summed E-state index contributed by atoms with van der Waals surface area (Å²) in [5.41, 5.74) is 6.84. The van der Waals surface area contributed by atoms with Crippen molar-refractivity contribution in [2.45, 2.75) is 48.4 Å². The molecule has 1 fully saturated rings. The van der Waals surface area contributed by atoms with Gasteiger partial charge in [0.05, 0.1) is 10.6 Å². The molecule has 0 bridgehead atoms. The zero-order valence-electron chi connectivity index (χ0n) is 14.6. The fourth-order valence-corrected chi connectivity index (χ4v) is 4.71. The first-order chi connectivity index (χ1) is 12.5. The summed E-state index contributed by atoms with van der Waals surface area (Å²) in [5, 5.41) is 3.03. The summed E-state index contributed by atoms with van der Waals surface area (Å²) in [4.78, 5) is 13.0. The van der Waals surface area contributed by atoms with Gasteiger partial charge in [0.2, 0.25) is 0 Å². The third-order valence-electron chi connectivity index (χ3n) is 4.82. The van der Waals surface area contributed by atoms with Gasteiger partial charge >= 0.3 is 0 Å². The molecule has 3 rings (SSSR count). The van der Waals surface area contributed by atoms with Gasteiger partial charge in [0.1, 0.15) is 0 Å². The van der Waals surface area contributed by atoms with Crippen molar-refractivity contribution in [2.75, 3.05) is 0 Å². The van der Waals surface area contributed by atoms with Crippen LogP contribution in [0, 0.1) is 0 Å². The maximum atomic E-state index is 12.7. The van der Waals surface area contributed by atoms with E-state index in [4.69, 9.17) is 5.73 Å². The van der Waals surface area contributed by atoms with Gasteiger partial charge in [0.15, 0.2) is 9.84 Å². The van der Waals surface area contributed by atoms with Crippen molar-refractivity contribution in [3.63, 3.8) is 0 Å². The molecule has 0 heterocycles. The SMILES string of the molecule is NC1CCC(NC(=O)c2ccccc2CS(=O)(=O)c2ccccc2)CC1. The van der Waals surface area contributed by atoms with Crippen molar-refractivity contribution < 1.29 is 13.2 Å². The fourth-order valence-electron chi connectivity index (χ4n) is 3.31. The first-order valence-electron chi connectivity index (χ1n) is 8.88. The Hall–Kier alpha value is -2.18. The smallest absolute Gasteiger partial charge is 0.251 e. The molecular formula is C20H24N2O3S. The van der Waals surface area contributed by atoms with Gasteiger partial charge in [-0.1, -0.05) is 36.4 Å². The fraction of sp³-hybridized carbons (Fsp3) is 0.350. The van der Waals surface area contributed by atoms with Gasteiger partial charge < -0.3 is 11.1 Å². The van der Waals surface area contributed by atoms with E-state index >= 15 is 0 Å². The van der Waals surface area contributed by atoms with E-state index in [1.54, 1.807) is 54.6 Å². The molecule has 0 aromatic heterocycles. The maximum Gasteiger partial charge on any atom is 0.251 e. The van der Waals surface area contributed by atoms with Crippen LogP contribution in [0.5, 0.6) is 0 Å². The average molecular weight is 372 g/mol. The third kappa shape index (κ3) is 4.51. The maximum absolute atomic E-state index is 12.7. The van der Waals surface area contributed by atoms with Crippen LogP contribution in [0.1, 0.15) is 41.6 Å². The lowest BCUT2D eigenvalue weighted by Crippen LogP contribution is -2.40. The number of hydrogen-bond donors (Lipinski definition) is 2. The monoisotopic (exact) mass is 372 g/mol. The van der Waals surface area contributed by atoms with Crippen LogP contribution >= 0.6 is 0 Å². The van der Waals surface area contributed by atoms with E-state index in [0.717, 1.165) is 25.7 Å². The minimum absolute atomic E-state index is 0.0982. The van der Waals surface area contributed by atoms with Gasteiger partial charge in [0, 0.05) is 17.6 Å². The molecule has 0 unspecified atom stereocenters. The highest BCUT2D eigenvalue weighted by Gasteiger charge is 2.23. The number of rotatable bonds is 5. The van der Waals surface area contributed by atoms with E-state index in [-0.39, 0.29) is 28.6 Å². The molecule has 1 amide bonds. The second kappa shape index (κ2) is 8.01. The summed E-state index contributed by atoms with van der Waals surface area (Å²) in [6.45, 7) is 0. The Morgan fingerprint density at radius 1 is 0.962 bits per heavy atom. The molecule has 26 heavy (non-hydrogen) atoms. The number of nitrogens with two attached hydrogens (primary N) is 1. The van der Waals surface area contributed by atoms with Crippen molar-refractivity contribution in [3.8, 4) is 0 Å². The molecule has 2 aromatic carbocycles. The zero-order valence-corrected chi connectivity index (χ0v) is 15.4. The number of nitrogens with one attached hydrogen (secondary N) is 1. The highest BCUT2D eigenvalue weighted by molar-refractivity contribution is 7.90.